The largest absolute Gasteiger partial charge is 0.497 e. The topological polar surface area (TPSA) is 61.8 Å². The minimum absolute atomic E-state index is 0.0155. The minimum atomic E-state index is -0.843. The molecular weight excluding hydrogens is 208 g/mol. The third-order valence-corrected chi connectivity index (χ3v) is 2.65. The van der Waals surface area contributed by atoms with Crippen LogP contribution in [0.4, 0.5) is 11.4 Å². The number of hydrogen-bond acceptors (Lipinski definition) is 4. The summed E-state index contributed by atoms with van der Waals surface area (Å²) in [5, 5.41) is 12.1. The second-order valence-corrected chi connectivity index (χ2v) is 3.73. The van der Waals surface area contributed by atoms with Crippen molar-refractivity contribution in [3.63, 3.8) is 0 Å². The molecule has 1 heterocycles. The molecule has 16 heavy (non-hydrogen) atoms. The lowest BCUT2D eigenvalue weighted by atomic mass is 10.2. The first-order valence-electron chi connectivity index (χ1n) is 5.05. The van der Waals surface area contributed by atoms with Gasteiger partial charge in [-0.1, -0.05) is 0 Å². The molecule has 1 aliphatic heterocycles. The first-order valence-corrected chi connectivity index (χ1v) is 5.05. The van der Waals surface area contributed by atoms with Crippen molar-refractivity contribution in [3.8, 4) is 5.75 Å². The van der Waals surface area contributed by atoms with Crippen molar-refractivity contribution in [3.05, 3.63) is 18.2 Å². The third-order valence-electron chi connectivity index (χ3n) is 2.65. The molecule has 0 spiro atoms. The molecule has 0 bridgehead atoms. The van der Waals surface area contributed by atoms with E-state index in [9.17, 15) is 4.79 Å². The Kier molecular flexibility index (Phi) is 2.60. The van der Waals surface area contributed by atoms with Gasteiger partial charge in [-0.3, -0.25) is 4.79 Å². The molecule has 0 saturated carbocycles. The van der Waals surface area contributed by atoms with E-state index in [0.29, 0.717) is 0 Å². The van der Waals surface area contributed by atoms with Gasteiger partial charge in [-0.15, -0.1) is 0 Å². The molecule has 0 radical (unpaired) electrons. The molecule has 1 atom stereocenters. The Labute approximate surface area is 93.6 Å². The first kappa shape index (κ1) is 10.6. The Balaban J connectivity index is 2.33. The van der Waals surface area contributed by atoms with E-state index in [-0.39, 0.29) is 12.7 Å². The number of rotatable bonds is 3. The first-order chi connectivity index (χ1) is 7.61. The van der Waals surface area contributed by atoms with E-state index in [1.54, 1.807) is 12.0 Å². The lowest BCUT2D eigenvalue weighted by molar-refractivity contribution is -0.135. The molecule has 0 aliphatic carbocycles. The van der Waals surface area contributed by atoms with Crippen molar-refractivity contribution in [2.75, 3.05) is 23.9 Å². The van der Waals surface area contributed by atoms with Gasteiger partial charge in [0.2, 0.25) is 0 Å². The van der Waals surface area contributed by atoms with E-state index in [2.05, 4.69) is 5.32 Å². The smallest absolute Gasteiger partial charge is 0.323 e. The molecule has 0 aromatic heterocycles. The van der Waals surface area contributed by atoms with E-state index in [1.807, 2.05) is 25.1 Å². The molecule has 2 N–H and O–H groups in total. The maximum atomic E-state index is 10.8. The van der Waals surface area contributed by atoms with E-state index in [1.165, 1.54) is 0 Å². The van der Waals surface area contributed by atoms with Gasteiger partial charge >= 0.3 is 5.97 Å². The predicted octanol–water partition coefficient (Wildman–Crippen LogP) is 1.36. The molecule has 5 heteroatoms. The van der Waals surface area contributed by atoms with Gasteiger partial charge in [-0.05, 0) is 19.1 Å². The van der Waals surface area contributed by atoms with Crippen molar-refractivity contribution in [1.82, 2.24) is 0 Å². The van der Waals surface area contributed by atoms with E-state index < -0.39 is 5.97 Å². The van der Waals surface area contributed by atoms with Crippen LogP contribution in [-0.4, -0.2) is 30.9 Å². The van der Waals surface area contributed by atoms with Crippen LogP contribution in [0.15, 0.2) is 18.2 Å². The molecule has 1 aliphatic rings. The number of carboxylic acids is 1. The van der Waals surface area contributed by atoms with E-state index in [4.69, 9.17) is 9.84 Å². The van der Waals surface area contributed by atoms with Crippen LogP contribution in [0.1, 0.15) is 6.92 Å². The third kappa shape index (κ3) is 1.76. The lowest BCUT2D eigenvalue weighted by Crippen LogP contribution is -2.36. The number of carbonyl (C=O) groups is 1. The van der Waals surface area contributed by atoms with Crippen LogP contribution in [0.5, 0.6) is 5.75 Å². The van der Waals surface area contributed by atoms with E-state index in [0.717, 1.165) is 17.1 Å². The molecule has 0 amide bonds. The van der Waals surface area contributed by atoms with Crippen molar-refractivity contribution in [2.45, 2.75) is 13.1 Å². The molecule has 86 valence electrons. The summed E-state index contributed by atoms with van der Waals surface area (Å²) in [4.78, 5) is 12.6. The number of hydrogen-bond donors (Lipinski definition) is 2. The van der Waals surface area contributed by atoms with E-state index >= 15 is 0 Å². The fraction of sp³-hybridized carbons (Fsp3) is 0.364. The summed E-state index contributed by atoms with van der Waals surface area (Å²) in [7, 11) is 1.59. The predicted molar refractivity (Wildman–Crippen MR) is 61.1 cm³/mol. The van der Waals surface area contributed by atoms with Crippen molar-refractivity contribution in [2.24, 2.45) is 0 Å². The van der Waals surface area contributed by atoms with Crippen molar-refractivity contribution < 1.29 is 14.6 Å². The summed E-state index contributed by atoms with van der Waals surface area (Å²) < 4.78 is 5.13. The number of methoxy groups -OCH3 is 1. The summed E-state index contributed by atoms with van der Waals surface area (Å²) in [6.45, 7) is 1.91. The number of carboxylic acid groups (broad SMARTS) is 1. The zero-order valence-electron chi connectivity index (χ0n) is 9.23. The van der Waals surface area contributed by atoms with Gasteiger partial charge < -0.3 is 20.1 Å². The monoisotopic (exact) mass is 222 g/mol. The Morgan fingerprint density at radius 3 is 3.00 bits per heavy atom. The fourth-order valence-electron chi connectivity index (χ4n) is 1.88. The Morgan fingerprint density at radius 1 is 1.62 bits per heavy atom. The number of aliphatic carboxylic acids is 1. The number of ether oxygens (including phenoxy) is 1. The summed E-state index contributed by atoms with van der Waals surface area (Å²) in [5.41, 5.74) is 1.81. The zero-order chi connectivity index (χ0) is 11.7. The van der Waals surface area contributed by atoms with Gasteiger partial charge in [-0.25, -0.2) is 0 Å². The van der Waals surface area contributed by atoms with Gasteiger partial charge in [0.1, 0.15) is 12.3 Å². The maximum Gasteiger partial charge on any atom is 0.323 e. The lowest BCUT2D eigenvalue weighted by Gasteiger charge is -2.21. The Hall–Kier alpha value is -1.91. The Bertz CT molecular complexity index is 420. The fourth-order valence-corrected chi connectivity index (χ4v) is 1.88. The van der Waals surface area contributed by atoms with Crippen LogP contribution in [0.2, 0.25) is 0 Å². The van der Waals surface area contributed by atoms with Crippen LogP contribution in [0.25, 0.3) is 0 Å². The van der Waals surface area contributed by atoms with Crippen molar-refractivity contribution in [1.29, 1.82) is 0 Å². The van der Waals surface area contributed by atoms with Crippen LogP contribution in [-0.2, 0) is 4.79 Å². The molecule has 1 unspecified atom stereocenters. The molecule has 5 nitrogen and oxygen atoms in total. The Morgan fingerprint density at radius 2 is 2.38 bits per heavy atom. The number of fused-ring (bicyclic) bond motifs is 1. The van der Waals surface area contributed by atoms with Gasteiger partial charge in [0, 0.05) is 6.07 Å². The van der Waals surface area contributed by atoms with Crippen LogP contribution in [0, 0.1) is 0 Å². The molecule has 1 aromatic rings. The quantitative estimate of drug-likeness (QED) is 0.808. The standard InChI is InChI=1S/C11H14N2O3/c1-7-12-9-4-3-8(16-2)5-10(9)13(7)6-11(14)15/h3-5,7,12H,6H2,1-2H3,(H,14,15). The number of nitrogens with one attached hydrogen (secondary N) is 1. The van der Waals surface area contributed by atoms with Crippen LogP contribution < -0.4 is 15.0 Å². The van der Waals surface area contributed by atoms with Gasteiger partial charge in [0.15, 0.2) is 0 Å². The molecule has 1 aromatic carbocycles. The average molecular weight is 222 g/mol. The number of nitrogens with zero attached hydrogens (tertiary/aromatic N) is 1. The highest BCUT2D eigenvalue weighted by Crippen LogP contribution is 2.36. The van der Waals surface area contributed by atoms with Crippen LogP contribution >= 0.6 is 0 Å². The second kappa shape index (κ2) is 3.92. The summed E-state index contributed by atoms with van der Waals surface area (Å²) in [5.74, 6) is -0.116. The molecule has 0 saturated heterocycles. The van der Waals surface area contributed by atoms with Crippen LogP contribution in [0.3, 0.4) is 0 Å². The normalized spacial score (nSPS) is 17.9. The second-order valence-electron chi connectivity index (χ2n) is 3.73. The van der Waals surface area contributed by atoms with Gasteiger partial charge in [-0.2, -0.15) is 0 Å². The minimum Gasteiger partial charge on any atom is -0.497 e. The zero-order valence-corrected chi connectivity index (χ0v) is 9.23. The molecule has 0 fully saturated rings. The molecule has 2 rings (SSSR count). The summed E-state index contributed by atoms with van der Waals surface area (Å²) in [6.07, 6.45) is -0.0155. The number of anilines is 2. The number of benzene rings is 1. The SMILES string of the molecule is COc1ccc2c(c1)N(CC(=O)O)C(C)N2. The van der Waals surface area contributed by atoms with Crippen molar-refractivity contribution >= 4 is 17.3 Å². The maximum absolute atomic E-state index is 10.8. The average Bonchev–Trinajstić information content (AvgIpc) is 2.54. The van der Waals surface area contributed by atoms with Gasteiger partial charge in [0.25, 0.3) is 0 Å². The van der Waals surface area contributed by atoms with Gasteiger partial charge in [0.05, 0.1) is 24.7 Å². The molecular formula is C11H14N2O3. The summed E-state index contributed by atoms with van der Waals surface area (Å²) in [6, 6.07) is 5.59. The highest BCUT2D eigenvalue weighted by molar-refractivity contribution is 5.83. The summed E-state index contributed by atoms with van der Waals surface area (Å²) >= 11 is 0. The highest BCUT2D eigenvalue weighted by Gasteiger charge is 2.27. The highest BCUT2D eigenvalue weighted by atomic mass is 16.5.